The van der Waals surface area contributed by atoms with Crippen molar-refractivity contribution in [1.29, 1.82) is 0 Å². The fourth-order valence-electron chi connectivity index (χ4n) is 5.28. The van der Waals surface area contributed by atoms with E-state index in [1.165, 1.54) is 0 Å². The SMILES string of the molecule is Cc1cccc(C(=O)N2C(C(=O)NCc3cccnc3)COC23CCN(C(=O)Cc2ccccc2)CC3)c1. The van der Waals surface area contributed by atoms with Crippen LogP contribution in [0.5, 0.6) is 0 Å². The largest absolute Gasteiger partial charge is 0.353 e. The molecule has 1 unspecified atom stereocenters. The molecule has 3 aromatic rings. The minimum atomic E-state index is -0.944. The number of piperidine rings is 1. The summed E-state index contributed by atoms with van der Waals surface area (Å²) >= 11 is 0. The number of ether oxygens (including phenoxy) is 1. The van der Waals surface area contributed by atoms with Gasteiger partial charge in [-0.25, -0.2) is 0 Å². The summed E-state index contributed by atoms with van der Waals surface area (Å²) in [5.41, 5.74) is 2.37. The van der Waals surface area contributed by atoms with Gasteiger partial charge in [-0.15, -0.1) is 0 Å². The highest BCUT2D eigenvalue weighted by Crippen LogP contribution is 2.38. The molecule has 3 heterocycles. The molecule has 3 amide bonds. The number of hydrogen-bond donors (Lipinski definition) is 1. The van der Waals surface area contributed by atoms with Gasteiger partial charge in [0.1, 0.15) is 11.8 Å². The van der Waals surface area contributed by atoms with Crippen molar-refractivity contribution in [2.24, 2.45) is 0 Å². The molecular formula is C30H32N4O4. The van der Waals surface area contributed by atoms with Gasteiger partial charge in [0.05, 0.1) is 13.0 Å². The molecule has 38 heavy (non-hydrogen) atoms. The maximum Gasteiger partial charge on any atom is 0.256 e. The van der Waals surface area contributed by atoms with Gasteiger partial charge in [-0.3, -0.25) is 24.3 Å². The molecule has 5 rings (SSSR count). The molecule has 2 aliphatic rings. The summed E-state index contributed by atoms with van der Waals surface area (Å²) in [4.78, 5) is 47.8. The number of carbonyl (C=O) groups is 3. The Labute approximate surface area is 222 Å². The van der Waals surface area contributed by atoms with Gasteiger partial charge in [0, 0.05) is 50.4 Å². The normalized spacial score (nSPS) is 18.4. The molecule has 1 N–H and O–H groups in total. The van der Waals surface area contributed by atoms with Crippen LogP contribution in [0.2, 0.25) is 0 Å². The van der Waals surface area contributed by atoms with Crippen LogP contribution in [-0.4, -0.2) is 64.0 Å². The second kappa shape index (κ2) is 11.1. The van der Waals surface area contributed by atoms with E-state index in [0.717, 1.165) is 16.7 Å². The van der Waals surface area contributed by atoms with E-state index in [4.69, 9.17) is 4.74 Å². The summed E-state index contributed by atoms with van der Waals surface area (Å²) in [5, 5.41) is 2.95. The Hall–Kier alpha value is -4.04. The van der Waals surface area contributed by atoms with Gasteiger partial charge >= 0.3 is 0 Å². The fourth-order valence-corrected chi connectivity index (χ4v) is 5.28. The Morgan fingerprint density at radius 3 is 2.47 bits per heavy atom. The van der Waals surface area contributed by atoms with E-state index < -0.39 is 11.8 Å². The van der Waals surface area contributed by atoms with Crippen molar-refractivity contribution in [1.82, 2.24) is 20.1 Å². The molecule has 1 aromatic heterocycles. The van der Waals surface area contributed by atoms with Crippen molar-refractivity contribution in [3.05, 3.63) is 101 Å². The monoisotopic (exact) mass is 512 g/mol. The summed E-state index contributed by atoms with van der Waals surface area (Å²) in [5.74, 6) is -0.461. The highest BCUT2D eigenvalue weighted by Gasteiger charge is 2.54. The molecule has 196 valence electrons. The van der Waals surface area contributed by atoms with Gasteiger partial charge in [0.15, 0.2) is 0 Å². The maximum absolute atomic E-state index is 13.9. The van der Waals surface area contributed by atoms with Gasteiger partial charge in [-0.05, 0) is 36.2 Å². The summed E-state index contributed by atoms with van der Waals surface area (Å²) in [6, 6.07) is 20.0. The standard InChI is InChI=1S/C30H32N4O4/c1-22-7-5-11-25(17-22)29(37)34-26(28(36)32-20-24-10-6-14-31-19-24)21-38-30(34)12-15-33(16-13-30)27(35)18-23-8-3-2-4-9-23/h2-11,14,17,19,26H,12-13,15-16,18,20-21H2,1H3,(H,32,36). The number of rotatable bonds is 6. The van der Waals surface area contributed by atoms with E-state index in [1.807, 2.05) is 72.5 Å². The molecule has 8 heteroatoms. The zero-order valence-corrected chi connectivity index (χ0v) is 21.5. The summed E-state index contributed by atoms with van der Waals surface area (Å²) < 4.78 is 6.29. The third-order valence-electron chi connectivity index (χ3n) is 7.33. The van der Waals surface area contributed by atoms with Gasteiger partial charge in [-0.2, -0.15) is 0 Å². The zero-order chi connectivity index (χ0) is 26.5. The van der Waals surface area contributed by atoms with E-state index in [0.29, 0.717) is 44.5 Å². The molecule has 0 bridgehead atoms. The number of nitrogens with one attached hydrogen (secondary N) is 1. The van der Waals surface area contributed by atoms with Crippen molar-refractivity contribution in [3.8, 4) is 0 Å². The number of nitrogens with zero attached hydrogens (tertiary/aromatic N) is 3. The molecule has 8 nitrogen and oxygen atoms in total. The first-order valence-electron chi connectivity index (χ1n) is 13.0. The summed E-state index contributed by atoms with van der Waals surface area (Å²) in [6.07, 6.45) is 4.60. The molecule has 1 atom stereocenters. The highest BCUT2D eigenvalue weighted by molar-refractivity contribution is 5.98. The first kappa shape index (κ1) is 25.6. The molecule has 0 saturated carbocycles. The third kappa shape index (κ3) is 5.45. The molecular weight excluding hydrogens is 480 g/mol. The maximum atomic E-state index is 13.9. The molecule has 2 aromatic carbocycles. The summed E-state index contributed by atoms with van der Waals surface area (Å²) in [7, 11) is 0. The number of carbonyl (C=O) groups excluding carboxylic acids is 3. The summed E-state index contributed by atoms with van der Waals surface area (Å²) in [6.45, 7) is 3.25. The highest BCUT2D eigenvalue weighted by atomic mass is 16.5. The third-order valence-corrected chi connectivity index (χ3v) is 7.33. The molecule has 2 aliphatic heterocycles. The molecule has 0 radical (unpaired) electrons. The average molecular weight is 513 g/mol. The van der Waals surface area contributed by atoms with E-state index >= 15 is 0 Å². The first-order valence-corrected chi connectivity index (χ1v) is 13.0. The van der Waals surface area contributed by atoms with Crippen LogP contribution in [0.3, 0.4) is 0 Å². The topological polar surface area (TPSA) is 91.8 Å². The number of aryl methyl sites for hydroxylation is 1. The van der Waals surface area contributed by atoms with Crippen molar-refractivity contribution in [2.75, 3.05) is 19.7 Å². The van der Waals surface area contributed by atoms with Crippen molar-refractivity contribution in [3.63, 3.8) is 0 Å². The van der Waals surface area contributed by atoms with E-state index in [9.17, 15) is 14.4 Å². The van der Waals surface area contributed by atoms with Crippen LogP contribution in [0, 0.1) is 6.92 Å². The van der Waals surface area contributed by atoms with Crippen LogP contribution in [0.4, 0.5) is 0 Å². The Morgan fingerprint density at radius 1 is 1.00 bits per heavy atom. The Kier molecular flexibility index (Phi) is 7.51. The van der Waals surface area contributed by atoms with Crippen LogP contribution in [-0.2, 0) is 27.3 Å². The molecule has 0 aliphatic carbocycles. The smallest absolute Gasteiger partial charge is 0.256 e. The molecule has 2 fully saturated rings. The lowest BCUT2D eigenvalue weighted by atomic mass is 9.96. The second-order valence-electron chi connectivity index (χ2n) is 9.94. The van der Waals surface area contributed by atoms with Gasteiger partial charge < -0.3 is 15.0 Å². The minimum absolute atomic E-state index is 0.0476. The van der Waals surface area contributed by atoms with Crippen LogP contribution in [0.15, 0.2) is 79.1 Å². The van der Waals surface area contributed by atoms with E-state index in [1.54, 1.807) is 23.4 Å². The van der Waals surface area contributed by atoms with Crippen molar-refractivity contribution >= 4 is 17.7 Å². The first-order chi connectivity index (χ1) is 18.4. The fraction of sp³-hybridized carbons (Fsp3) is 0.333. The quantitative estimate of drug-likeness (QED) is 0.548. The molecule has 2 saturated heterocycles. The second-order valence-corrected chi connectivity index (χ2v) is 9.94. The van der Waals surface area contributed by atoms with Crippen LogP contribution >= 0.6 is 0 Å². The number of hydrogen-bond acceptors (Lipinski definition) is 5. The molecule has 1 spiro atoms. The van der Waals surface area contributed by atoms with Crippen LogP contribution < -0.4 is 5.32 Å². The van der Waals surface area contributed by atoms with Crippen LogP contribution in [0.1, 0.15) is 39.9 Å². The van der Waals surface area contributed by atoms with Gasteiger partial charge in [-0.1, -0.05) is 54.1 Å². The van der Waals surface area contributed by atoms with Crippen molar-refractivity contribution < 1.29 is 19.1 Å². The lowest BCUT2D eigenvalue weighted by molar-refractivity contribution is -0.143. The van der Waals surface area contributed by atoms with Gasteiger partial charge in [0.2, 0.25) is 11.8 Å². The average Bonchev–Trinajstić information content (AvgIpc) is 3.31. The Balaban J connectivity index is 1.33. The Morgan fingerprint density at radius 2 is 1.76 bits per heavy atom. The van der Waals surface area contributed by atoms with Crippen LogP contribution in [0.25, 0.3) is 0 Å². The van der Waals surface area contributed by atoms with Gasteiger partial charge in [0.25, 0.3) is 5.91 Å². The number of aromatic nitrogens is 1. The lowest BCUT2D eigenvalue weighted by Crippen LogP contribution is -2.59. The predicted octanol–water partition coefficient (Wildman–Crippen LogP) is 3.11. The Bertz CT molecular complexity index is 1290. The number of amides is 3. The van der Waals surface area contributed by atoms with E-state index in [2.05, 4.69) is 10.3 Å². The number of benzene rings is 2. The van der Waals surface area contributed by atoms with Crippen molar-refractivity contribution in [2.45, 2.75) is 44.5 Å². The lowest BCUT2D eigenvalue weighted by Gasteiger charge is -2.44. The number of likely N-dealkylation sites (tertiary alicyclic amines) is 1. The van der Waals surface area contributed by atoms with E-state index in [-0.39, 0.29) is 24.3 Å². The zero-order valence-electron chi connectivity index (χ0n) is 21.5. The number of pyridine rings is 1. The predicted molar refractivity (Wildman–Crippen MR) is 142 cm³/mol. The minimum Gasteiger partial charge on any atom is -0.353 e.